The molecule has 9 heteroatoms. The molecule has 0 saturated heterocycles. The standard InChI is InChI=1S/C23H31N3O5S/c1-16-13-26(17(2)15-27)23(28)20-12-18(10-11-21(20)31-22(16)14-25(3)4)24-32(29,30)19-8-6-5-7-9-19/h5-12,16-17,22,24,27H,13-15H2,1-4H3/t16-,17-,22-/m0/s1. The predicted octanol–water partition coefficient (Wildman–Crippen LogP) is 2.27. The first-order valence-corrected chi connectivity index (χ1v) is 12.1. The largest absolute Gasteiger partial charge is 0.488 e. The minimum atomic E-state index is -3.81. The Morgan fingerprint density at radius 1 is 1.22 bits per heavy atom. The number of fused-ring (bicyclic) bond motifs is 1. The minimum Gasteiger partial charge on any atom is -0.488 e. The third-order valence-electron chi connectivity index (χ3n) is 5.52. The summed E-state index contributed by atoms with van der Waals surface area (Å²) in [4.78, 5) is 17.2. The molecule has 0 radical (unpaired) electrons. The van der Waals surface area contributed by atoms with E-state index in [0.29, 0.717) is 18.8 Å². The molecule has 3 rings (SSSR count). The second kappa shape index (κ2) is 9.89. The van der Waals surface area contributed by atoms with Gasteiger partial charge < -0.3 is 19.6 Å². The van der Waals surface area contributed by atoms with Crippen molar-refractivity contribution < 1.29 is 23.1 Å². The zero-order chi connectivity index (χ0) is 23.5. The lowest BCUT2D eigenvalue weighted by Gasteiger charge is -2.37. The second-order valence-electron chi connectivity index (χ2n) is 8.51. The molecule has 0 bridgehead atoms. The number of amides is 1. The maximum Gasteiger partial charge on any atom is 0.261 e. The number of hydrogen-bond acceptors (Lipinski definition) is 6. The minimum absolute atomic E-state index is 0.0276. The smallest absolute Gasteiger partial charge is 0.261 e. The normalized spacial score (nSPS) is 20.2. The van der Waals surface area contributed by atoms with Gasteiger partial charge in [0.25, 0.3) is 15.9 Å². The molecule has 0 spiro atoms. The number of hydrogen-bond donors (Lipinski definition) is 2. The molecule has 0 fully saturated rings. The summed E-state index contributed by atoms with van der Waals surface area (Å²) in [6, 6.07) is 12.4. The van der Waals surface area contributed by atoms with Crippen LogP contribution in [-0.4, -0.2) is 75.2 Å². The van der Waals surface area contributed by atoms with Crippen LogP contribution in [0.4, 0.5) is 5.69 Å². The van der Waals surface area contributed by atoms with Crippen LogP contribution in [0.5, 0.6) is 5.75 Å². The quantitative estimate of drug-likeness (QED) is 0.656. The molecular weight excluding hydrogens is 430 g/mol. The average molecular weight is 462 g/mol. The van der Waals surface area contributed by atoms with E-state index in [4.69, 9.17) is 4.74 Å². The maximum absolute atomic E-state index is 13.4. The summed E-state index contributed by atoms with van der Waals surface area (Å²) in [6.45, 7) is 4.70. The zero-order valence-electron chi connectivity index (χ0n) is 18.9. The number of aliphatic hydroxyl groups is 1. The molecule has 1 heterocycles. The van der Waals surface area contributed by atoms with Crippen molar-refractivity contribution in [1.82, 2.24) is 9.80 Å². The zero-order valence-corrected chi connectivity index (χ0v) is 19.7. The number of aliphatic hydroxyl groups excluding tert-OH is 1. The third kappa shape index (κ3) is 5.40. The van der Waals surface area contributed by atoms with Gasteiger partial charge in [-0.3, -0.25) is 9.52 Å². The van der Waals surface area contributed by atoms with Gasteiger partial charge in [0.05, 0.1) is 23.1 Å². The van der Waals surface area contributed by atoms with Crippen LogP contribution in [0, 0.1) is 5.92 Å². The van der Waals surface area contributed by atoms with E-state index in [9.17, 15) is 18.3 Å². The van der Waals surface area contributed by atoms with E-state index in [0.717, 1.165) is 0 Å². The van der Waals surface area contributed by atoms with Crippen LogP contribution in [0.1, 0.15) is 24.2 Å². The molecule has 8 nitrogen and oxygen atoms in total. The first-order valence-electron chi connectivity index (χ1n) is 10.6. The molecular formula is C23H31N3O5S. The number of sulfonamides is 1. The van der Waals surface area contributed by atoms with Crippen molar-refractivity contribution in [3.63, 3.8) is 0 Å². The molecule has 0 unspecified atom stereocenters. The van der Waals surface area contributed by atoms with E-state index in [1.54, 1.807) is 42.2 Å². The molecule has 0 aliphatic carbocycles. The van der Waals surface area contributed by atoms with Crippen molar-refractivity contribution in [1.29, 1.82) is 0 Å². The highest BCUT2D eigenvalue weighted by molar-refractivity contribution is 7.92. The molecule has 0 aromatic heterocycles. The Labute approximate surface area is 189 Å². The van der Waals surface area contributed by atoms with Gasteiger partial charge in [-0.15, -0.1) is 0 Å². The van der Waals surface area contributed by atoms with Crippen molar-refractivity contribution in [3.8, 4) is 5.75 Å². The predicted molar refractivity (Wildman–Crippen MR) is 123 cm³/mol. The fourth-order valence-corrected chi connectivity index (χ4v) is 4.75. The van der Waals surface area contributed by atoms with Crippen LogP contribution in [0.25, 0.3) is 0 Å². The molecule has 174 valence electrons. The van der Waals surface area contributed by atoms with E-state index in [2.05, 4.69) is 4.72 Å². The molecule has 2 aromatic carbocycles. The summed E-state index contributed by atoms with van der Waals surface area (Å²) in [5, 5.41) is 9.72. The number of nitrogens with one attached hydrogen (secondary N) is 1. The van der Waals surface area contributed by atoms with Crippen LogP contribution in [0.2, 0.25) is 0 Å². The highest BCUT2D eigenvalue weighted by Crippen LogP contribution is 2.31. The highest BCUT2D eigenvalue weighted by Gasteiger charge is 2.33. The lowest BCUT2D eigenvalue weighted by Crippen LogP contribution is -2.49. The Morgan fingerprint density at radius 3 is 2.53 bits per heavy atom. The van der Waals surface area contributed by atoms with Crippen LogP contribution in [-0.2, 0) is 10.0 Å². The van der Waals surface area contributed by atoms with Crippen LogP contribution in [0.15, 0.2) is 53.4 Å². The van der Waals surface area contributed by atoms with Crippen molar-refractivity contribution in [3.05, 3.63) is 54.1 Å². The molecule has 3 atom stereocenters. The fourth-order valence-electron chi connectivity index (χ4n) is 3.68. The van der Waals surface area contributed by atoms with Gasteiger partial charge in [0, 0.05) is 24.7 Å². The number of carbonyl (C=O) groups is 1. The van der Waals surface area contributed by atoms with Crippen molar-refractivity contribution in [2.24, 2.45) is 5.92 Å². The Bertz CT molecular complexity index is 1040. The van der Waals surface area contributed by atoms with Gasteiger partial charge in [-0.2, -0.15) is 0 Å². The summed E-state index contributed by atoms with van der Waals surface area (Å²) >= 11 is 0. The molecule has 2 aromatic rings. The summed E-state index contributed by atoms with van der Waals surface area (Å²) in [5.74, 6) is 0.114. The Hall–Kier alpha value is -2.62. The van der Waals surface area contributed by atoms with Crippen molar-refractivity contribution >= 4 is 21.6 Å². The third-order valence-corrected chi connectivity index (χ3v) is 6.91. The number of likely N-dealkylation sites (N-methyl/N-ethyl adjacent to an activating group) is 1. The van der Waals surface area contributed by atoms with Gasteiger partial charge in [0.2, 0.25) is 0 Å². The number of ether oxygens (including phenoxy) is 1. The average Bonchev–Trinajstić information content (AvgIpc) is 2.76. The number of anilines is 1. The van der Waals surface area contributed by atoms with Gasteiger partial charge in [0.15, 0.2) is 0 Å². The van der Waals surface area contributed by atoms with Gasteiger partial charge in [-0.1, -0.05) is 25.1 Å². The Kier molecular flexibility index (Phi) is 7.43. The number of rotatable bonds is 7. The van der Waals surface area contributed by atoms with Crippen LogP contribution >= 0.6 is 0 Å². The SMILES string of the molecule is C[C@H]1CN([C@@H](C)CO)C(=O)c2cc(NS(=O)(=O)c3ccccc3)ccc2O[C@H]1CN(C)C. The molecule has 1 aliphatic rings. The van der Waals surface area contributed by atoms with E-state index in [-0.39, 0.29) is 46.7 Å². The molecule has 32 heavy (non-hydrogen) atoms. The monoisotopic (exact) mass is 461 g/mol. The topological polar surface area (TPSA) is 99.2 Å². The van der Waals surface area contributed by atoms with Crippen LogP contribution < -0.4 is 9.46 Å². The van der Waals surface area contributed by atoms with E-state index < -0.39 is 10.0 Å². The lowest BCUT2D eigenvalue weighted by molar-refractivity contribution is 0.0363. The van der Waals surface area contributed by atoms with Gasteiger partial charge in [-0.05, 0) is 51.4 Å². The summed E-state index contributed by atoms with van der Waals surface area (Å²) in [6.07, 6.45) is -0.183. The lowest BCUT2D eigenvalue weighted by atomic mass is 9.99. The molecule has 1 aliphatic heterocycles. The Morgan fingerprint density at radius 2 is 1.91 bits per heavy atom. The maximum atomic E-state index is 13.4. The molecule has 2 N–H and O–H groups in total. The summed E-state index contributed by atoms with van der Waals surface area (Å²) in [5.41, 5.74) is 0.521. The van der Waals surface area contributed by atoms with Crippen LogP contribution in [0.3, 0.4) is 0 Å². The highest BCUT2D eigenvalue weighted by atomic mass is 32.2. The number of benzene rings is 2. The first kappa shape index (κ1) is 24.0. The van der Waals surface area contributed by atoms with E-state index >= 15 is 0 Å². The summed E-state index contributed by atoms with van der Waals surface area (Å²) in [7, 11) is 0.104. The first-order chi connectivity index (χ1) is 15.1. The van der Waals surface area contributed by atoms with E-state index in [1.165, 1.54) is 18.2 Å². The van der Waals surface area contributed by atoms with E-state index in [1.807, 2.05) is 25.9 Å². The van der Waals surface area contributed by atoms with Gasteiger partial charge >= 0.3 is 0 Å². The Balaban J connectivity index is 2.00. The second-order valence-corrected chi connectivity index (χ2v) is 10.2. The van der Waals surface area contributed by atoms with Gasteiger partial charge in [-0.25, -0.2) is 8.42 Å². The van der Waals surface area contributed by atoms with Gasteiger partial charge in [0.1, 0.15) is 11.9 Å². The summed E-state index contributed by atoms with van der Waals surface area (Å²) < 4.78 is 34.2. The molecule has 1 amide bonds. The molecule has 0 saturated carbocycles. The van der Waals surface area contributed by atoms with Crippen molar-refractivity contribution in [2.45, 2.75) is 30.9 Å². The van der Waals surface area contributed by atoms with Crippen molar-refractivity contribution in [2.75, 3.05) is 38.5 Å². The fraction of sp³-hybridized carbons (Fsp3) is 0.435. The number of carbonyl (C=O) groups excluding carboxylic acids is 1. The number of nitrogens with zero attached hydrogens (tertiary/aromatic N) is 2.